The molecule has 0 amide bonds. The van der Waals surface area contributed by atoms with Crippen molar-refractivity contribution in [2.24, 2.45) is 0 Å². The molecule has 2 aromatic rings. The molecule has 0 bridgehead atoms. The molecule has 8 heteroatoms. The number of ether oxygens (including phenoxy) is 1. The van der Waals surface area contributed by atoms with Crippen LogP contribution in [0.5, 0.6) is 0 Å². The monoisotopic (exact) mass is 421 g/mol. The summed E-state index contributed by atoms with van der Waals surface area (Å²) in [5.41, 5.74) is 2.55. The van der Waals surface area contributed by atoms with Crippen molar-refractivity contribution in [2.75, 3.05) is 23.2 Å². The quantitative estimate of drug-likeness (QED) is 0.507. The molecule has 0 radical (unpaired) electrons. The van der Waals surface area contributed by atoms with Gasteiger partial charge in [-0.15, -0.1) is 0 Å². The van der Waals surface area contributed by atoms with Gasteiger partial charge in [0, 0.05) is 17.1 Å². The number of rotatable bonds is 7. The van der Waals surface area contributed by atoms with Crippen LogP contribution in [0.15, 0.2) is 42.5 Å². The molecule has 1 aliphatic rings. The summed E-state index contributed by atoms with van der Waals surface area (Å²) >= 11 is 5.80. The number of anilines is 1. The first-order chi connectivity index (χ1) is 13.3. The highest BCUT2D eigenvalue weighted by atomic mass is 35.5. The number of nitrogens with zero attached hydrogens (tertiary/aromatic N) is 1. The summed E-state index contributed by atoms with van der Waals surface area (Å²) in [6, 6.07) is 11.7. The van der Waals surface area contributed by atoms with Crippen LogP contribution in [0.4, 0.5) is 5.69 Å². The van der Waals surface area contributed by atoms with Crippen LogP contribution in [0, 0.1) is 0 Å². The first kappa shape index (κ1) is 20.4. The standard InChI is InChI=1S/C20H20ClNO5S/c1-2-28(25,26)22-10-9-15-12-16(5-8-18(15)22)19(23)13-27-20(24)11-14-3-6-17(21)7-4-14/h3-8,12H,2,9-11,13H2,1H3. The second-order valence-electron chi connectivity index (χ2n) is 6.45. The fourth-order valence-electron chi connectivity index (χ4n) is 3.04. The molecule has 0 unspecified atom stereocenters. The molecule has 148 valence electrons. The fourth-order valence-corrected chi connectivity index (χ4v) is 4.32. The summed E-state index contributed by atoms with van der Waals surface area (Å²) in [5, 5.41) is 0.578. The van der Waals surface area contributed by atoms with Gasteiger partial charge in [0.1, 0.15) is 0 Å². The van der Waals surface area contributed by atoms with Crippen LogP contribution in [0.2, 0.25) is 5.02 Å². The van der Waals surface area contributed by atoms with Gasteiger partial charge >= 0.3 is 5.97 Å². The Morgan fingerprint density at radius 1 is 1.14 bits per heavy atom. The second kappa shape index (κ2) is 8.32. The van der Waals surface area contributed by atoms with Gasteiger partial charge in [0.25, 0.3) is 0 Å². The highest BCUT2D eigenvalue weighted by Crippen LogP contribution is 2.31. The molecule has 28 heavy (non-hydrogen) atoms. The molecule has 1 heterocycles. The van der Waals surface area contributed by atoms with Crippen LogP contribution >= 0.6 is 11.6 Å². The first-order valence-corrected chi connectivity index (χ1v) is 10.9. The summed E-state index contributed by atoms with van der Waals surface area (Å²) in [7, 11) is -3.33. The van der Waals surface area contributed by atoms with E-state index in [1.54, 1.807) is 49.4 Å². The maximum absolute atomic E-state index is 12.4. The van der Waals surface area contributed by atoms with Gasteiger partial charge in [-0.1, -0.05) is 23.7 Å². The number of hydrogen-bond acceptors (Lipinski definition) is 5. The summed E-state index contributed by atoms with van der Waals surface area (Å²) in [5.74, 6) is -0.808. The number of hydrogen-bond donors (Lipinski definition) is 0. The molecule has 0 saturated carbocycles. The Bertz CT molecular complexity index is 1000. The predicted octanol–water partition coefficient (Wildman–Crippen LogP) is 3.02. The highest BCUT2D eigenvalue weighted by molar-refractivity contribution is 7.92. The summed E-state index contributed by atoms with van der Waals surface area (Å²) in [4.78, 5) is 24.3. The normalized spacial score (nSPS) is 13.3. The zero-order chi connectivity index (χ0) is 20.3. The molecule has 0 aliphatic carbocycles. The molecule has 0 atom stereocenters. The molecule has 6 nitrogen and oxygen atoms in total. The zero-order valence-electron chi connectivity index (χ0n) is 15.4. The van der Waals surface area contributed by atoms with Gasteiger partial charge < -0.3 is 4.74 Å². The van der Waals surface area contributed by atoms with Gasteiger partial charge in [0.2, 0.25) is 10.0 Å². The zero-order valence-corrected chi connectivity index (χ0v) is 16.9. The SMILES string of the molecule is CCS(=O)(=O)N1CCc2cc(C(=O)COC(=O)Cc3ccc(Cl)cc3)ccc21. The van der Waals surface area contributed by atoms with Crippen LogP contribution < -0.4 is 4.31 Å². The molecule has 1 aliphatic heterocycles. The lowest BCUT2D eigenvalue weighted by Gasteiger charge is -2.18. The van der Waals surface area contributed by atoms with E-state index < -0.39 is 16.0 Å². The van der Waals surface area contributed by atoms with Gasteiger partial charge in [0.05, 0.1) is 17.9 Å². The van der Waals surface area contributed by atoms with Gasteiger partial charge in [-0.3, -0.25) is 13.9 Å². The van der Waals surface area contributed by atoms with Crippen molar-refractivity contribution in [1.82, 2.24) is 0 Å². The average molecular weight is 422 g/mol. The van der Waals surface area contributed by atoms with Crippen molar-refractivity contribution in [1.29, 1.82) is 0 Å². The van der Waals surface area contributed by atoms with E-state index in [9.17, 15) is 18.0 Å². The molecule has 0 spiro atoms. The number of halogens is 1. The lowest BCUT2D eigenvalue weighted by atomic mass is 10.1. The van der Waals surface area contributed by atoms with Crippen LogP contribution in [-0.4, -0.2) is 39.1 Å². The van der Waals surface area contributed by atoms with Gasteiger partial charge in [-0.05, 0) is 54.8 Å². The number of fused-ring (bicyclic) bond motifs is 1. The minimum atomic E-state index is -3.33. The van der Waals surface area contributed by atoms with Crippen LogP contribution in [-0.2, 0) is 32.4 Å². The van der Waals surface area contributed by atoms with Crippen LogP contribution in [0.1, 0.15) is 28.4 Å². The van der Waals surface area contributed by atoms with E-state index in [1.807, 2.05) is 0 Å². The third-order valence-electron chi connectivity index (χ3n) is 4.58. The van der Waals surface area contributed by atoms with Crippen molar-refractivity contribution in [2.45, 2.75) is 19.8 Å². The first-order valence-electron chi connectivity index (χ1n) is 8.87. The molecule has 0 fully saturated rings. The average Bonchev–Trinajstić information content (AvgIpc) is 3.12. The van der Waals surface area contributed by atoms with E-state index in [-0.39, 0.29) is 24.6 Å². The van der Waals surface area contributed by atoms with Crippen molar-refractivity contribution >= 4 is 39.1 Å². The number of sulfonamides is 1. The lowest BCUT2D eigenvalue weighted by Crippen LogP contribution is -2.30. The third-order valence-corrected chi connectivity index (χ3v) is 6.61. The highest BCUT2D eigenvalue weighted by Gasteiger charge is 2.28. The van der Waals surface area contributed by atoms with Crippen LogP contribution in [0.25, 0.3) is 0 Å². The number of carbonyl (C=O) groups excluding carboxylic acids is 2. The minimum Gasteiger partial charge on any atom is -0.457 e. The van der Waals surface area contributed by atoms with E-state index in [0.717, 1.165) is 11.1 Å². The Morgan fingerprint density at radius 2 is 1.86 bits per heavy atom. The lowest BCUT2D eigenvalue weighted by molar-refractivity contribution is -0.141. The number of carbonyl (C=O) groups is 2. The Kier molecular flexibility index (Phi) is 6.05. The van der Waals surface area contributed by atoms with Crippen LogP contribution in [0.3, 0.4) is 0 Å². The molecule has 0 N–H and O–H groups in total. The summed E-state index contributed by atoms with van der Waals surface area (Å²) in [6.07, 6.45) is 0.602. The second-order valence-corrected chi connectivity index (χ2v) is 9.07. The maximum atomic E-state index is 12.4. The topological polar surface area (TPSA) is 80.8 Å². The van der Waals surface area contributed by atoms with Gasteiger partial charge in [-0.25, -0.2) is 8.42 Å². The van der Waals surface area contributed by atoms with E-state index >= 15 is 0 Å². The van der Waals surface area contributed by atoms with Crippen molar-refractivity contribution < 1.29 is 22.7 Å². The Labute approximate surface area is 169 Å². The molecule has 2 aromatic carbocycles. The van der Waals surface area contributed by atoms with E-state index in [0.29, 0.717) is 29.2 Å². The van der Waals surface area contributed by atoms with E-state index in [1.165, 1.54) is 4.31 Å². The molecule has 0 saturated heterocycles. The fraction of sp³-hybridized carbons (Fsp3) is 0.300. The molecule has 3 rings (SSSR count). The number of benzene rings is 2. The van der Waals surface area contributed by atoms with E-state index in [2.05, 4.69) is 0 Å². The Hall–Kier alpha value is -2.38. The van der Waals surface area contributed by atoms with Gasteiger partial charge in [0.15, 0.2) is 12.4 Å². The number of Topliss-reactive ketones (excluding diaryl/α,β-unsaturated/α-hetero) is 1. The predicted molar refractivity (Wildman–Crippen MR) is 107 cm³/mol. The molecular formula is C20H20ClNO5S. The number of esters is 1. The van der Waals surface area contributed by atoms with Crippen molar-refractivity contribution in [3.8, 4) is 0 Å². The van der Waals surface area contributed by atoms with Crippen molar-refractivity contribution in [3.63, 3.8) is 0 Å². The minimum absolute atomic E-state index is 0.0245. The van der Waals surface area contributed by atoms with Crippen molar-refractivity contribution in [3.05, 3.63) is 64.2 Å². The Balaban J connectivity index is 1.61. The third kappa shape index (κ3) is 4.54. The largest absolute Gasteiger partial charge is 0.457 e. The molecule has 0 aromatic heterocycles. The maximum Gasteiger partial charge on any atom is 0.310 e. The summed E-state index contributed by atoms with van der Waals surface area (Å²) < 4.78 is 30.7. The number of ketones is 1. The van der Waals surface area contributed by atoms with E-state index in [4.69, 9.17) is 16.3 Å². The molecular weight excluding hydrogens is 402 g/mol. The van der Waals surface area contributed by atoms with Gasteiger partial charge in [-0.2, -0.15) is 0 Å². The Morgan fingerprint density at radius 3 is 2.54 bits per heavy atom. The smallest absolute Gasteiger partial charge is 0.310 e. The summed E-state index contributed by atoms with van der Waals surface area (Å²) in [6.45, 7) is 1.62.